The Kier molecular flexibility index (Phi) is 4.71. The molecule has 1 amide bonds. The fraction of sp³-hybridized carbons (Fsp3) is 0.364. The summed E-state index contributed by atoms with van der Waals surface area (Å²) >= 11 is 0. The highest BCUT2D eigenvalue weighted by Gasteiger charge is 2.34. The van der Waals surface area contributed by atoms with Crippen LogP contribution in [0.2, 0.25) is 0 Å². The van der Waals surface area contributed by atoms with Gasteiger partial charge in [0.2, 0.25) is 0 Å². The van der Waals surface area contributed by atoms with Gasteiger partial charge in [0.15, 0.2) is 5.78 Å². The molecule has 1 fully saturated rings. The lowest BCUT2D eigenvalue weighted by molar-refractivity contribution is 0.0958. The summed E-state index contributed by atoms with van der Waals surface area (Å²) in [6, 6.07) is 7.40. The molecule has 0 spiro atoms. The number of hydrogen-bond acceptors (Lipinski definition) is 4. The van der Waals surface area contributed by atoms with Crippen LogP contribution in [-0.2, 0) is 0 Å². The van der Waals surface area contributed by atoms with Crippen molar-refractivity contribution in [2.24, 2.45) is 11.8 Å². The molecule has 4 rings (SSSR count). The van der Waals surface area contributed by atoms with Gasteiger partial charge in [-0.3, -0.25) is 9.59 Å². The maximum absolute atomic E-state index is 12.8. The van der Waals surface area contributed by atoms with E-state index in [2.05, 4.69) is 27.2 Å². The summed E-state index contributed by atoms with van der Waals surface area (Å²) in [7, 11) is 1.57. The molecule has 0 saturated heterocycles. The molecule has 3 atom stereocenters. The first-order valence-corrected chi connectivity index (χ1v) is 9.67. The van der Waals surface area contributed by atoms with E-state index in [1.54, 1.807) is 19.3 Å². The first-order valence-electron chi connectivity index (χ1n) is 9.67. The number of nitrogens with one attached hydrogen (secondary N) is 2. The quantitative estimate of drug-likeness (QED) is 0.642. The van der Waals surface area contributed by atoms with Crippen molar-refractivity contribution in [1.82, 2.24) is 20.3 Å². The molecule has 0 unspecified atom stereocenters. The van der Waals surface area contributed by atoms with Crippen LogP contribution in [-0.4, -0.2) is 33.7 Å². The van der Waals surface area contributed by atoms with Crippen LogP contribution in [0.4, 0.5) is 0 Å². The Bertz CT molecular complexity index is 1060. The number of aromatic amines is 1. The molecule has 144 valence electrons. The second kappa shape index (κ2) is 7.19. The minimum atomic E-state index is -0.288. The van der Waals surface area contributed by atoms with Gasteiger partial charge in [0.1, 0.15) is 11.3 Å². The van der Waals surface area contributed by atoms with Gasteiger partial charge in [-0.05, 0) is 48.1 Å². The fourth-order valence-corrected chi connectivity index (χ4v) is 3.74. The number of ketones is 1. The monoisotopic (exact) mass is 376 g/mol. The predicted molar refractivity (Wildman–Crippen MR) is 107 cm³/mol. The standard InChI is InChI=1S/C22H24N4O2/c1-12-8-14(12)11-20(27)15-9-18(26-19(10-15)22(28)23-3)13(2)16-4-6-24-21-17(16)5-7-25-21/h4-7,9-10,12-14H,8,11H2,1-3H3,(H,23,28)(H,24,25)/t12-,13-,14+/m0/s1. The van der Waals surface area contributed by atoms with Crippen LogP contribution in [0.15, 0.2) is 36.7 Å². The van der Waals surface area contributed by atoms with Crippen LogP contribution < -0.4 is 5.32 Å². The summed E-state index contributed by atoms with van der Waals surface area (Å²) in [5, 5.41) is 3.63. The van der Waals surface area contributed by atoms with E-state index < -0.39 is 0 Å². The van der Waals surface area contributed by atoms with E-state index in [1.807, 2.05) is 31.3 Å². The van der Waals surface area contributed by atoms with Crippen molar-refractivity contribution >= 4 is 22.7 Å². The number of H-pyrrole nitrogens is 1. The van der Waals surface area contributed by atoms with Crippen LogP contribution in [0.25, 0.3) is 11.0 Å². The third-order valence-electron chi connectivity index (χ3n) is 5.75. The number of amides is 1. The number of carbonyl (C=O) groups is 2. The summed E-state index contributed by atoms with van der Waals surface area (Å²) in [6.45, 7) is 4.20. The number of Topliss-reactive ketones (excluding diaryl/α,β-unsaturated/α-hetero) is 1. The Morgan fingerprint density at radius 3 is 2.82 bits per heavy atom. The third-order valence-corrected chi connectivity index (χ3v) is 5.75. The zero-order valence-electron chi connectivity index (χ0n) is 16.3. The fourth-order valence-electron chi connectivity index (χ4n) is 3.74. The Morgan fingerprint density at radius 2 is 2.11 bits per heavy atom. The van der Waals surface area contributed by atoms with Crippen LogP contribution in [0.3, 0.4) is 0 Å². The Balaban J connectivity index is 1.74. The van der Waals surface area contributed by atoms with Gasteiger partial charge in [-0.1, -0.05) is 13.8 Å². The zero-order valence-corrected chi connectivity index (χ0v) is 16.3. The van der Waals surface area contributed by atoms with E-state index in [-0.39, 0.29) is 23.3 Å². The van der Waals surface area contributed by atoms with Gasteiger partial charge in [-0.15, -0.1) is 0 Å². The van der Waals surface area contributed by atoms with E-state index in [4.69, 9.17) is 0 Å². The number of rotatable bonds is 6. The molecule has 1 aliphatic rings. The van der Waals surface area contributed by atoms with Crippen LogP contribution in [0, 0.1) is 11.8 Å². The van der Waals surface area contributed by atoms with Crippen LogP contribution in [0.5, 0.6) is 0 Å². The summed E-state index contributed by atoms with van der Waals surface area (Å²) in [5.74, 6) is 0.782. The van der Waals surface area contributed by atoms with Crippen molar-refractivity contribution in [2.75, 3.05) is 7.05 Å². The lowest BCUT2D eigenvalue weighted by Gasteiger charge is -2.15. The van der Waals surface area contributed by atoms with Crippen LogP contribution >= 0.6 is 0 Å². The van der Waals surface area contributed by atoms with Crippen molar-refractivity contribution in [3.8, 4) is 0 Å². The number of aromatic nitrogens is 3. The first-order chi connectivity index (χ1) is 13.5. The van der Waals surface area contributed by atoms with E-state index in [9.17, 15) is 9.59 Å². The molecule has 0 aromatic carbocycles. The summed E-state index contributed by atoms with van der Waals surface area (Å²) < 4.78 is 0. The summed E-state index contributed by atoms with van der Waals surface area (Å²) in [6.07, 6.45) is 5.25. The second-order valence-corrected chi connectivity index (χ2v) is 7.71. The van der Waals surface area contributed by atoms with Gasteiger partial charge in [-0.2, -0.15) is 0 Å². The predicted octanol–water partition coefficient (Wildman–Crippen LogP) is 3.70. The summed E-state index contributed by atoms with van der Waals surface area (Å²) in [4.78, 5) is 37.1. The molecule has 1 aliphatic carbocycles. The van der Waals surface area contributed by atoms with E-state index in [0.717, 1.165) is 23.0 Å². The molecule has 0 aliphatic heterocycles. The lowest BCUT2D eigenvalue weighted by Crippen LogP contribution is -2.21. The molecule has 3 aromatic rings. The molecule has 3 aromatic heterocycles. The highest BCUT2D eigenvalue weighted by molar-refractivity contribution is 6.00. The van der Waals surface area contributed by atoms with Crippen molar-refractivity contribution in [2.45, 2.75) is 32.6 Å². The number of fused-ring (bicyclic) bond motifs is 1. The van der Waals surface area contributed by atoms with E-state index in [1.165, 1.54) is 0 Å². The topological polar surface area (TPSA) is 87.7 Å². The molecule has 0 radical (unpaired) electrons. The smallest absolute Gasteiger partial charge is 0.269 e. The average Bonchev–Trinajstić information content (AvgIpc) is 3.19. The SMILES string of the molecule is CNC(=O)c1cc(C(=O)C[C@H]2C[C@@H]2C)cc([C@@H](C)c2ccnc3[nH]ccc23)n1. The number of pyridine rings is 2. The van der Waals surface area contributed by atoms with Crippen molar-refractivity contribution in [3.05, 3.63) is 59.2 Å². The largest absolute Gasteiger partial charge is 0.354 e. The normalized spacial score (nSPS) is 19.4. The average molecular weight is 376 g/mol. The van der Waals surface area contributed by atoms with Crippen molar-refractivity contribution in [1.29, 1.82) is 0 Å². The van der Waals surface area contributed by atoms with Gasteiger partial charge >= 0.3 is 0 Å². The van der Waals surface area contributed by atoms with Gasteiger partial charge in [0.05, 0.1) is 0 Å². The van der Waals surface area contributed by atoms with E-state index >= 15 is 0 Å². The number of hydrogen-bond donors (Lipinski definition) is 2. The van der Waals surface area contributed by atoms with Gasteiger partial charge < -0.3 is 10.3 Å². The second-order valence-electron chi connectivity index (χ2n) is 7.71. The molecule has 28 heavy (non-hydrogen) atoms. The molecule has 6 nitrogen and oxygen atoms in total. The minimum Gasteiger partial charge on any atom is -0.354 e. The zero-order chi connectivity index (χ0) is 19.8. The Labute approximate surface area is 163 Å². The molecule has 0 bridgehead atoms. The Hall–Kier alpha value is -3.02. The molecule has 2 N–H and O–H groups in total. The summed E-state index contributed by atoms with van der Waals surface area (Å²) in [5.41, 5.74) is 3.42. The van der Waals surface area contributed by atoms with Crippen molar-refractivity contribution in [3.63, 3.8) is 0 Å². The maximum atomic E-state index is 12.8. The van der Waals surface area contributed by atoms with E-state index in [0.29, 0.717) is 29.5 Å². The lowest BCUT2D eigenvalue weighted by atomic mass is 9.93. The highest BCUT2D eigenvalue weighted by atomic mass is 16.1. The molecule has 6 heteroatoms. The molecule has 3 heterocycles. The van der Waals surface area contributed by atoms with Gasteiger partial charge in [-0.25, -0.2) is 9.97 Å². The minimum absolute atomic E-state index is 0.0804. The molecule has 1 saturated carbocycles. The Morgan fingerprint density at radius 1 is 1.32 bits per heavy atom. The first kappa shape index (κ1) is 18.3. The maximum Gasteiger partial charge on any atom is 0.269 e. The molecular weight excluding hydrogens is 352 g/mol. The van der Waals surface area contributed by atoms with Crippen molar-refractivity contribution < 1.29 is 9.59 Å². The van der Waals surface area contributed by atoms with Crippen LogP contribution in [0.1, 0.15) is 64.7 Å². The molecular formula is C22H24N4O2. The highest BCUT2D eigenvalue weighted by Crippen LogP contribution is 2.41. The number of nitrogens with zero attached hydrogens (tertiary/aromatic N) is 2. The van der Waals surface area contributed by atoms with Gasteiger partial charge in [0.25, 0.3) is 5.91 Å². The van der Waals surface area contributed by atoms with Gasteiger partial charge in [0, 0.05) is 48.4 Å². The third kappa shape index (κ3) is 3.42. The number of carbonyl (C=O) groups excluding carboxylic acids is 2.